The Morgan fingerprint density at radius 2 is 0.877 bits per heavy atom. The van der Waals surface area contributed by atoms with E-state index >= 15 is 0 Å². The highest BCUT2D eigenvalue weighted by Crippen LogP contribution is 2.56. The first-order chi connectivity index (χ1) is 30.6. The van der Waals surface area contributed by atoms with Gasteiger partial charge in [-0.15, -0.1) is 0 Å². The average Bonchev–Trinajstić information content (AvgIpc) is 3.21. The van der Waals surface area contributed by atoms with Crippen molar-refractivity contribution in [3.8, 4) is 23.0 Å². The lowest BCUT2D eigenvalue weighted by atomic mass is 9.87. The molecule has 0 aliphatic carbocycles. The predicted molar refractivity (Wildman–Crippen MR) is 272 cm³/mol. The largest absolute Gasteiger partial charge is 0.506 e. The van der Waals surface area contributed by atoms with Crippen LogP contribution in [0.4, 0.5) is 5.69 Å². The summed E-state index contributed by atoms with van der Waals surface area (Å²) in [4.78, 5) is 9.61. The minimum absolute atomic E-state index is 0.0582. The second kappa shape index (κ2) is 19.9. The van der Waals surface area contributed by atoms with Gasteiger partial charge in [0.25, 0.3) is 0 Å². The number of rotatable bonds is 7. The van der Waals surface area contributed by atoms with Crippen LogP contribution in [0.3, 0.4) is 0 Å². The van der Waals surface area contributed by atoms with Crippen molar-refractivity contribution < 1.29 is 29.2 Å². The standard InChI is InChI=1S/C54H67NO6S4/c1-51(2,3)34-26-39-47(57)40(27-34)63-42-29-36(53(7,8)9)33-46(50(42)61-25-24-58-23-20-56)65-45-32-37(54(10,11)12)31-44-49(45)60-22-19-55(38-16-14-13-15-17-38)18-21-59-48-41(62-39)28-35(52(4,5)6)30-43(48)64-44/h13-17,26-33,56-57H,18-25H2,1-12H3. The van der Waals surface area contributed by atoms with Crippen LogP contribution in [-0.2, 0) is 26.4 Å². The molecule has 0 saturated carbocycles. The molecule has 2 heterocycles. The molecule has 5 aromatic carbocycles. The molecule has 0 fully saturated rings. The van der Waals surface area contributed by atoms with Crippen molar-refractivity contribution in [2.75, 3.05) is 57.6 Å². The van der Waals surface area contributed by atoms with Gasteiger partial charge in [0.1, 0.15) is 42.8 Å². The Morgan fingerprint density at radius 3 is 1.29 bits per heavy atom. The second-order valence-electron chi connectivity index (χ2n) is 20.8. The maximum atomic E-state index is 12.6. The summed E-state index contributed by atoms with van der Waals surface area (Å²) in [7, 11) is 0. The molecular weight excluding hydrogens is 887 g/mol. The van der Waals surface area contributed by atoms with Gasteiger partial charge in [0.2, 0.25) is 0 Å². The van der Waals surface area contributed by atoms with Crippen LogP contribution in [0.1, 0.15) is 105 Å². The molecule has 0 aromatic heterocycles. The first kappa shape index (κ1) is 49.3. The van der Waals surface area contributed by atoms with Crippen LogP contribution in [0, 0.1) is 0 Å². The van der Waals surface area contributed by atoms with E-state index in [0.29, 0.717) is 38.7 Å². The third-order valence-electron chi connectivity index (χ3n) is 11.5. The van der Waals surface area contributed by atoms with Gasteiger partial charge in [-0.2, -0.15) is 0 Å². The van der Waals surface area contributed by atoms with Crippen LogP contribution in [0.25, 0.3) is 0 Å². The molecule has 5 aromatic rings. The zero-order valence-corrected chi connectivity index (χ0v) is 43.5. The molecule has 7 rings (SSSR count). The number of fused-ring (bicyclic) bond motifs is 4. The predicted octanol–water partition coefficient (Wildman–Crippen LogP) is 14.2. The van der Waals surface area contributed by atoms with Crippen LogP contribution in [-0.4, -0.2) is 62.9 Å². The fourth-order valence-corrected chi connectivity index (χ4v) is 12.1. The molecule has 0 amide bonds. The number of hydrogen-bond acceptors (Lipinski definition) is 11. The summed E-state index contributed by atoms with van der Waals surface area (Å²) >= 11 is 6.46. The summed E-state index contributed by atoms with van der Waals surface area (Å²) in [6.45, 7) is 29.9. The van der Waals surface area contributed by atoms with Gasteiger partial charge in [0.05, 0.1) is 72.1 Å². The fourth-order valence-electron chi connectivity index (χ4n) is 7.45. The normalized spacial score (nSPS) is 14.9. The van der Waals surface area contributed by atoms with E-state index in [0.717, 1.165) is 67.5 Å². The minimum Gasteiger partial charge on any atom is -0.506 e. The molecule has 2 aliphatic rings. The molecule has 11 heteroatoms. The summed E-state index contributed by atoms with van der Waals surface area (Å²) in [5.74, 6) is 2.54. The average molecular weight is 954 g/mol. The van der Waals surface area contributed by atoms with Crippen LogP contribution in [0.2, 0.25) is 0 Å². The SMILES string of the molecule is CC(C)(C)c1cc2c(O)c(c1)Sc1cc(C(C)(C)C)cc3c1OCCN(c1ccccc1)CCOc1c(cc(C(C)(C)C)cc1S3)Sc1cc(C(C)(C)C)cc(c1OCCOCCO)S2. The van der Waals surface area contributed by atoms with Crippen molar-refractivity contribution in [1.29, 1.82) is 0 Å². The topological polar surface area (TPSA) is 80.6 Å². The Bertz CT molecular complexity index is 2480. The second-order valence-corrected chi connectivity index (χ2v) is 25.2. The van der Waals surface area contributed by atoms with Crippen LogP contribution in [0.15, 0.2) is 118 Å². The van der Waals surface area contributed by atoms with Gasteiger partial charge in [0, 0.05) is 5.69 Å². The zero-order valence-electron chi connectivity index (χ0n) is 40.3. The number of ether oxygens (including phenoxy) is 4. The van der Waals surface area contributed by atoms with E-state index in [9.17, 15) is 10.2 Å². The lowest BCUT2D eigenvalue weighted by molar-refractivity contribution is 0.0692. The molecule has 10 bridgehead atoms. The Balaban J connectivity index is 1.58. The number of aromatic hydroxyl groups is 1. The Hall–Kier alpha value is -3.58. The summed E-state index contributed by atoms with van der Waals surface area (Å²) < 4.78 is 26.8. The van der Waals surface area contributed by atoms with Crippen molar-refractivity contribution in [2.24, 2.45) is 0 Å². The molecule has 348 valence electrons. The highest BCUT2D eigenvalue weighted by atomic mass is 32.2. The highest BCUT2D eigenvalue weighted by Gasteiger charge is 2.30. The summed E-state index contributed by atoms with van der Waals surface area (Å²) in [5.41, 5.74) is 4.92. The lowest BCUT2D eigenvalue weighted by Gasteiger charge is -2.30. The summed E-state index contributed by atoms with van der Waals surface area (Å²) in [5, 5.41) is 22.1. The number of nitrogens with zero attached hydrogens (tertiary/aromatic N) is 1. The van der Waals surface area contributed by atoms with Crippen molar-refractivity contribution in [2.45, 2.75) is 144 Å². The van der Waals surface area contributed by atoms with E-state index in [4.69, 9.17) is 18.9 Å². The maximum absolute atomic E-state index is 12.6. The van der Waals surface area contributed by atoms with E-state index < -0.39 is 0 Å². The van der Waals surface area contributed by atoms with E-state index in [1.165, 1.54) is 22.9 Å². The molecule has 7 nitrogen and oxygen atoms in total. The van der Waals surface area contributed by atoms with Gasteiger partial charge in [0.15, 0.2) is 0 Å². The first-order valence-corrected chi connectivity index (χ1v) is 25.9. The van der Waals surface area contributed by atoms with Crippen molar-refractivity contribution in [3.05, 3.63) is 101 Å². The Morgan fingerprint density at radius 1 is 0.508 bits per heavy atom. The third-order valence-corrected chi connectivity index (χ3v) is 15.7. The molecule has 65 heavy (non-hydrogen) atoms. The molecule has 2 N–H and O–H groups in total. The number of benzene rings is 5. The number of phenols is 1. The van der Waals surface area contributed by atoms with Crippen LogP contribution >= 0.6 is 47.0 Å². The first-order valence-electron chi connectivity index (χ1n) is 22.6. The minimum atomic E-state index is -0.219. The number of para-hydroxylation sites is 1. The van der Waals surface area contributed by atoms with Crippen LogP contribution < -0.4 is 19.1 Å². The molecule has 2 aliphatic heterocycles. The summed E-state index contributed by atoms with van der Waals surface area (Å²) in [6.07, 6.45) is 0. The number of aliphatic hydroxyl groups excluding tert-OH is 1. The molecule has 0 unspecified atom stereocenters. The van der Waals surface area contributed by atoms with Crippen molar-refractivity contribution in [3.63, 3.8) is 0 Å². The maximum Gasteiger partial charge on any atom is 0.147 e. The van der Waals surface area contributed by atoms with E-state index in [1.54, 1.807) is 35.3 Å². The quantitative estimate of drug-likeness (QED) is 0.150. The Kier molecular flexibility index (Phi) is 15.1. The van der Waals surface area contributed by atoms with Crippen molar-refractivity contribution in [1.82, 2.24) is 0 Å². The Labute approximate surface area is 405 Å². The summed E-state index contributed by atoms with van der Waals surface area (Å²) in [6, 6.07) is 28.4. The molecule has 0 saturated heterocycles. The smallest absolute Gasteiger partial charge is 0.147 e. The number of hydrogen-bond donors (Lipinski definition) is 2. The zero-order chi connectivity index (χ0) is 46.9. The van der Waals surface area contributed by atoms with Crippen LogP contribution in [0.5, 0.6) is 23.0 Å². The molecule has 0 atom stereocenters. The van der Waals surface area contributed by atoms with Gasteiger partial charge >= 0.3 is 0 Å². The van der Waals surface area contributed by atoms with Gasteiger partial charge in [-0.1, -0.05) is 148 Å². The number of phenolic OH excluding ortho intramolecular Hbond substituents is 1. The van der Waals surface area contributed by atoms with Crippen molar-refractivity contribution >= 4 is 52.7 Å². The van der Waals surface area contributed by atoms with Gasteiger partial charge in [-0.05, 0) is 105 Å². The molecule has 0 spiro atoms. The van der Waals surface area contributed by atoms with Gasteiger partial charge < -0.3 is 34.1 Å². The monoisotopic (exact) mass is 953 g/mol. The third kappa shape index (κ3) is 11.9. The number of anilines is 1. The van der Waals surface area contributed by atoms with Gasteiger partial charge in [-0.25, -0.2) is 0 Å². The number of aliphatic hydroxyl groups is 1. The highest BCUT2D eigenvalue weighted by molar-refractivity contribution is 8.01. The van der Waals surface area contributed by atoms with E-state index in [1.807, 2.05) is 6.07 Å². The molecule has 0 radical (unpaired) electrons. The van der Waals surface area contributed by atoms with E-state index in [-0.39, 0.29) is 47.2 Å². The lowest BCUT2D eigenvalue weighted by Crippen LogP contribution is -2.32. The molecular formula is C54H67NO6S4. The van der Waals surface area contributed by atoms with Gasteiger partial charge in [-0.3, -0.25) is 0 Å². The fraction of sp³-hybridized carbons (Fsp3) is 0.444. The van der Waals surface area contributed by atoms with E-state index in [2.05, 4.69) is 161 Å².